The Kier molecular flexibility index (Phi) is 3.35. The van der Waals surface area contributed by atoms with Crippen LogP contribution in [0.25, 0.3) is 0 Å². The third kappa shape index (κ3) is 2.48. The third-order valence-corrected chi connectivity index (χ3v) is 4.00. The van der Waals surface area contributed by atoms with E-state index in [-0.39, 0.29) is 0 Å². The van der Waals surface area contributed by atoms with Gasteiger partial charge in [-0.3, -0.25) is 0 Å². The summed E-state index contributed by atoms with van der Waals surface area (Å²) in [5, 5.41) is 0. The molecule has 0 amide bonds. The summed E-state index contributed by atoms with van der Waals surface area (Å²) >= 11 is 1.85. The molecule has 0 bridgehead atoms. The Balaban J connectivity index is 2.31. The second-order valence-corrected chi connectivity index (χ2v) is 5.22. The van der Waals surface area contributed by atoms with E-state index < -0.39 is 0 Å². The molecular formula is C15H16S. The molecular weight excluding hydrogens is 212 g/mol. The fourth-order valence-electron chi connectivity index (χ4n) is 1.70. The summed E-state index contributed by atoms with van der Waals surface area (Å²) in [6, 6.07) is 15.1. The van der Waals surface area contributed by atoms with Crippen LogP contribution in [0.15, 0.2) is 52.3 Å². The fraction of sp³-hybridized carbons (Fsp3) is 0.200. The average Bonchev–Trinajstić information content (AvgIpc) is 2.25. The molecule has 0 unspecified atom stereocenters. The van der Waals surface area contributed by atoms with Gasteiger partial charge in [0.05, 0.1) is 0 Å². The van der Waals surface area contributed by atoms with Gasteiger partial charge in [-0.2, -0.15) is 0 Å². The molecule has 0 nitrogen and oxygen atoms in total. The van der Waals surface area contributed by atoms with Crippen LogP contribution in [0.5, 0.6) is 0 Å². The smallest absolute Gasteiger partial charge is 0.0151 e. The first-order valence-electron chi connectivity index (χ1n) is 5.47. The van der Waals surface area contributed by atoms with Crippen LogP contribution in [0, 0.1) is 20.8 Å². The second kappa shape index (κ2) is 4.75. The summed E-state index contributed by atoms with van der Waals surface area (Å²) in [6.07, 6.45) is 0. The zero-order valence-corrected chi connectivity index (χ0v) is 10.8. The molecule has 0 heterocycles. The molecule has 0 radical (unpaired) electrons. The Bertz CT molecular complexity index is 501. The summed E-state index contributed by atoms with van der Waals surface area (Å²) in [4.78, 5) is 2.69. The summed E-state index contributed by atoms with van der Waals surface area (Å²) in [5.74, 6) is 0. The highest BCUT2D eigenvalue weighted by Gasteiger charge is 2.03. The maximum atomic E-state index is 2.24. The lowest BCUT2D eigenvalue weighted by molar-refractivity contribution is 1.24. The molecule has 0 aliphatic carbocycles. The molecule has 0 aliphatic heterocycles. The Labute approximate surface area is 102 Å². The van der Waals surface area contributed by atoms with Crippen LogP contribution in [0.4, 0.5) is 0 Å². The zero-order chi connectivity index (χ0) is 11.5. The molecule has 0 saturated carbocycles. The van der Waals surface area contributed by atoms with Gasteiger partial charge in [-0.05, 0) is 44.0 Å². The van der Waals surface area contributed by atoms with Crippen molar-refractivity contribution in [1.82, 2.24) is 0 Å². The van der Waals surface area contributed by atoms with Crippen LogP contribution in [0.3, 0.4) is 0 Å². The molecule has 0 aromatic heterocycles. The molecule has 0 spiro atoms. The van der Waals surface area contributed by atoms with Crippen molar-refractivity contribution in [1.29, 1.82) is 0 Å². The number of hydrogen-bond acceptors (Lipinski definition) is 1. The molecule has 0 aliphatic rings. The minimum Gasteiger partial charge on any atom is -0.0895 e. The lowest BCUT2D eigenvalue weighted by atomic mass is 10.2. The average molecular weight is 228 g/mol. The van der Waals surface area contributed by atoms with Crippen molar-refractivity contribution in [2.75, 3.05) is 0 Å². The van der Waals surface area contributed by atoms with E-state index in [2.05, 4.69) is 63.2 Å². The first kappa shape index (κ1) is 11.3. The molecule has 2 aromatic carbocycles. The maximum Gasteiger partial charge on any atom is 0.0151 e. The van der Waals surface area contributed by atoms with Crippen molar-refractivity contribution in [3.05, 3.63) is 59.2 Å². The minimum atomic E-state index is 1.33. The van der Waals surface area contributed by atoms with Gasteiger partial charge in [-0.15, -0.1) is 0 Å². The van der Waals surface area contributed by atoms with Gasteiger partial charge in [0, 0.05) is 9.79 Å². The SMILES string of the molecule is Cc1ccc(Sc2ccccc2C)c(C)c1. The predicted molar refractivity (Wildman–Crippen MR) is 71.2 cm³/mol. The van der Waals surface area contributed by atoms with Gasteiger partial charge >= 0.3 is 0 Å². The summed E-state index contributed by atoms with van der Waals surface area (Å²) in [7, 11) is 0. The molecule has 0 N–H and O–H groups in total. The van der Waals surface area contributed by atoms with E-state index in [0.717, 1.165) is 0 Å². The summed E-state index contributed by atoms with van der Waals surface area (Å²) < 4.78 is 0. The summed E-state index contributed by atoms with van der Waals surface area (Å²) in [6.45, 7) is 6.47. The number of rotatable bonds is 2. The van der Waals surface area contributed by atoms with Crippen LogP contribution in [0.1, 0.15) is 16.7 Å². The topological polar surface area (TPSA) is 0 Å². The van der Waals surface area contributed by atoms with Crippen molar-refractivity contribution in [2.45, 2.75) is 30.6 Å². The van der Waals surface area contributed by atoms with E-state index in [9.17, 15) is 0 Å². The molecule has 1 heteroatoms. The third-order valence-electron chi connectivity index (χ3n) is 2.64. The number of aryl methyl sites for hydroxylation is 3. The number of benzene rings is 2. The quantitative estimate of drug-likeness (QED) is 0.714. The minimum absolute atomic E-state index is 1.33. The van der Waals surface area contributed by atoms with Gasteiger partial charge in [-0.25, -0.2) is 0 Å². The van der Waals surface area contributed by atoms with E-state index in [1.165, 1.54) is 26.5 Å². The maximum absolute atomic E-state index is 2.24. The largest absolute Gasteiger partial charge is 0.0895 e. The highest BCUT2D eigenvalue weighted by Crippen LogP contribution is 2.32. The Morgan fingerprint density at radius 2 is 1.44 bits per heavy atom. The van der Waals surface area contributed by atoms with Gasteiger partial charge < -0.3 is 0 Å². The molecule has 0 saturated heterocycles. The molecule has 16 heavy (non-hydrogen) atoms. The van der Waals surface area contributed by atoms with E-state index in [1.807, 2.05) is 11.8 Å². The van der Waals surface area contributed by atoms with Crippen molar-refractivity contribution in [3.8, 4) is 0 Å². The van der Waals surface area contributed by atoms with Gasteiger partial charge in [0.15, 0.2) is 0 Å². The Hall–Kier alpha value is -1.21. The van der Waals surface area contributed by atoms with Crippen LogP contribution >= 0.6 is 11.8 Å². The first-order chi connectivity index (χ1) is 7.66. The van der Waals surface area contributed by atoms with E-state index in [0.29, 0.717) is 0 Å². The Morgan fingerprint density at radius 1 is 0.750 bits per heavy atom. The molecule has 0 fully saturated rings. The van der Waals surface area contributed by atoms with Crippen LogP contribution in [0.2, 0.25) is 0 Å². The highest BCUT2D eigenvalue weighted by atomic mass is 32.2. The van der Waals surface area contributed by atoms with Crippen molar-refractivity contribution in [2.24, 2.45) is 0 Å². The normalized spacial score (nSPS) is 10.4. The van der Waals surface area contributed by atoms with Crippen molar-refractivity contribution >= 4 is 11.8 Å². The second-order valence-electron chi connectivity index (χ2n) is 4.14. The summed E-state index contributed by atoms with van der Waals surface area (Å²) in [5.41, 5.74) is 4.02. The van der Waals surface area contributed by atoms with Gasteiger partial charge in [0.2, 0.25) is 0 Å². The molecule has 2 rings (SSSR count). The molecule has 82 valence electrons. The molecule has 2 aromatic rings. The van der Waals surface area contributed by atoms with Gasteiger partial charge in [0.25, 0.3) is 0 Å². The zero-order valence-electron chi connectivity index (χ0n) is 9.95. The standard InChI is InChI=1S/C15H16S/c1-11-8-9-15(13(3)10-11)16-14-7-5-4-6-12(14)2/h4-10H,1-3H3. The fourth-order valence-corrected chi connectivity index (χ4v) is 2.67. The van der Waals surface area contributed by atoms with E-state index in [1.54, 1.807) is 0 Å². The van der Waals surface area contributed by atoms with Crippen molar-refractivity contribution in [3.63, 3.8) is 0 Å². The lowest BCUT2D eigenvalue weighted by Crippen LogP contribution is -1.83. The Morgan fingerprint density at radius 3 is 2.12 bits per heavy atom. The van der Waals surface area contributed by atoms with Crippen LogP contribution in [-0.4, -0.2) is 0 Å². The van der Waals surface area contributed by atoms with Crippen LogP contribution < -0.4 is 0 Å². The van der Waals surface area contributed by atoms with E-state index in [4.69, 9.17) is 0 Å². The number of hydrogen-bond donors (Lipinski definition) is 0. The monoisotopic (exact) mass is 228 g/mol. The van der Waals surface area contributed by atoms with Gasteiger partial charge in [0.1, 0.15) is 0 Å². The van der Waals surface area contributed by atoms with Crippen molar-refractivity contribution < 1.29 is 0 Å². The first-order valence-corrected chi connectivity index (χ1v) is 6.29. The van der Waals surface area contributed by atoms with E-state index >= 15 is 0 Å². The van der Waals surface area contributed by atoms with Gasteiger partial charge in [-0.1, -0.05) is 47.7 Å². The highest BCUT2D eigenvalue weighted by molar-refractivity contribution is 7.99. The molecule has 0 atom stereocenters. The predicted octanol–water partition coefficient (Wildman–Crippen LogP) is 4.76. The lowest BCUT2D eigenvalue weighted by Gasteiger charge is -2.08. The van der Waals surface area contributed by atoms with Crippen LogP contribution in [-0.2, 0) is 0 Å².